The molecule has 1 atom stereocenters. The molecule has 6 rings (SSSR count). The molecule has 0 aliphatic carbocycles. The standard InChI is InChI=1S/C28H27N3/c1-28(2)17-16-27(29-28)31-25-14-12-19-8-4-5-9-20(19)22(25)13-15-26(31)23-18-30(3)24-11-7-6-10-21(23)24/h4-15,18,26H,16-17H2,1-3H3. The van der Waals surface area contributed by atoms with Gasteiger partial charge in [-0.15, -0.1) is 0 Å². The number of fused-ring (bicyclic) bond motifs is 4. The van der Waals surface area contributed by atoms with E-state index >= 15 is 0 Å². The van der Waals surface area contributed by atoms with Crippen molar-refractivity contribution in [1.29, 1.82) is 0 Å². The minimum atomic E-state index is -0.00316. The van der Waals surface area contributed by atoms with Crippen molar-refractivity contribution >= 4 is 39.3 Å². The molecule has 4 aromatic rings. The summed E-state index contributed by atoms with van der Waals surface area (Å²) in [6, 6.07) is 22.0. The number of aryl methyl sites for hydroxylation is 1. The van der Waals surface area contributed by atoms with Crippen molar-refractivity contribution in [1.82, 2.24) is 4.57 Å². The Balaban J connectivity index is 1.60. The average Bonchev–Trinajstić information content (AvgIpc) is 3.32. The molecule has 0 radical (unpaired) electrons. The lowest BCUT2D eigenvalue weighted by Crippen LogP contribution is -2.35. The Morgan fingerprint density at radius 1 is 0.935 bits per heavy atom. The van der Waals surface area contributed by atoms with E-state index in [-0.39, 0.29) is 11.6 Å². The molecule has 0 fully saturated rings. The van der Waals surface area contributed by atoms with Crippen LogP contribution in [0.2, 0.25) is 0 Å². The van der Waals surface area contributed by atoms with Gasteiger partial charge in [0.1, 0.15) is 5.84 Å². The smallest absolute Gasteiger partial charge is 0.105 e. The van der Waals surface area contributed by atoms with E-state index in [9.17, 15) is 0 Å². The van der Waals surface area contributed by atoms with Crippen molar-refractivity contribution in [2.75, 3.05) is 4.90 Å². The molecule has 0 bridgehead atoms. The highest BCUT2D eigenvalue weighted by Crippen LogP contribution is 2.44. The predicted molar refractivity (Wildman–Crippen MR) is 132 cm³/mol. The van der Waals surface area contributed by atoms with Gasteiger partial charge in [-0.25, -0.2) is 0 Å². The topological polar surface area (TPSA) is 20.5 Å². The second-order valence-corrected chi connectivity index (χ2v) is 9.45. The first-order valence-corrected chi connectivity index (χ1v) is 11.1. The molecule has 2 aliphatic rings. The van der Waals surface area contributed by atoms with Crippen molar-refractivity contribution in [3.8, 4) is 0 Å². The predicted octanol–water partition coefficient (Wildman–Crippen LogP) is 6.88. The van der Waals surface area contributed by atoms with Crippen molar-refractivity contribution < 1.29 is 0 Å². The van der Waals surface area contributed by atoms with Crippen LogP contribution in [0.3, 0.4) is 0 Å². The third-order valence-electron chi connectivity index (χ3n) is 6.85. The quantitative estimate of drug-likeness (QED) is 0.338. The third-order valence-corrected chi connectivity index (χ3v) is 6.85. The molecule has 3 aromatic carbocycles. The number of hydrogen-bond acceptors (Lipinski definition) is 2. The minimum absolute atomic E-state index is 0.00316. The Morgan fingerprint density at radius 3 is 2.52 bits per heavy atom. The third kappa shape index (κ3) is 2.83. The van der Waals surface area contributed by atoms with Crippen LogP contribution in [-0.4, -0.2) is 15.9 Å². The number of aliphatic imine (C=N–C) groups is 1. The highest BCUT2D eigenvalue weighted by atomic mass is 15.2. The summed E-state index contributed by atoms with van der Waals surface area (Å²) in [6.07, 6.45) is 9.08. The first kappa shape index (κ1) is 18.4. The molecule has 3 nitrogen and oxygen atoms in total. The number of nitrogens with zero attached hydrogens (tertiary/aromatic N) is 3. The van der Waals surface area contributed by atoms with Crippen LogP contribution in [0, 0.1) is 0 Å². The fourth-order valence-electron chi connectivity index (χ4n) is 5.30. The molecule has 3 heteroatoms. The Labute approximate surface area is 183 Å². The molecule has 0 saturated carbocycles. The van der Waals surface area contributed by atoms with Gasteiger partial charge in [-0.2, -0.15) is 0 Å². The van der Waals surface area contributed by atoms with Gasteiger partial charge < -0.3 is 9.47 Å². The Kier molecular flexibility index (Phi) is 3.92. The first-order chi connectivity index (χ1) is 15.0. The molecular weight excluding hydrogens is 378 g/mol. The van der Waals surface area contributed by atoms with Gasteiger partial charge in [0.25, 0.3) is 0 Å². The monoisotopic (exact) mass is 405 g/mol. The van der Waals surface area contributed by atoms with Gasteiger partial charge in [0.05, 0.1) is 17.3 Å². The Hall–Kier alpha value is -3.33. The van der Waals surface area contributed by atoms with Gasteiger partial charge in [-0.3, -0.25) is 4.99 Å². The summed E-state index contributed by atoms with van der Waals surface area (Å²) in [5.74, 6) is 1.20. The highest BCUT2D eigenvalue weighted by Gasteiger charge is 2.35. The Morgan fingerprint density at radius 2 is 1.71 bits per heavy atom. The van der Waals surface area contributed by atoms with Crippen molar-refractivity contribution in [2.24, 2.45) is 12.0 Å². The molecule has 3 heterocycles. The summed E-state index contributed by atoms with van der Waals surface area (Å²) in [5.41, 5.74) is 5.15. The maximum absolute atomic E-state index is 5.19. The van der Waals surface area contributed by atoms with Gasteiger partial charge in [0.15, 0.2) is 0 Å². The van der Waals surface area contributed by atoms with E-state index in [2.05, 4.69) is 109 Å². The summed E-state index contributed by atoms with van der Waals surface area (Å²) in [4.78, 5) is 7.69. The number of aromatic nitrogens is 1. The molecular formula is C28H27N3. The molecule has 0 N–H and O–H groups in total. The summed E-state index contributed by atoms with van der Waals surface area (Å²) in [5, 5.41) is 3.89. The van der Waals surface area contributed by atoms with Gasteiger partial charge in [-0.1, -0.05) is 60.7 Å². The molecule has 0 amide bonds. The molecule has 1 unspecified atom stereocenters. The van der Waals surface area contributed by atoms with Crippen LogP contribution in [0.15, 0.2) is 77.9 Å². The van der Waals surface area contributed by atoms with Gasteiger partial charge in [0.2, 0.25) is 0 Å². The highest BCUT2D eigenvalue weighted by molar-refractivity contribution is 6.07. The van der Waals surface area contributed by atoms with Gasteiger partial charge in [-0.05, 0) is 43.2 Å². The minimum Gasteiger partial charge on any atom is -0.350 e. The van der Waals surface area contributed by atoms with Crippen LogP contribution in [0.1, 0.15) is 43.9 Å². The average molecular weight is 406 g/mol. The number of hydrogen-bond donors (Lipinski definition) is 0. The second kappa shape index (κ2) is 6.58. The summed E-state index contributed by atoms with van der Waals surface area (Å²) < 4.78 is 2.24. The van der Waals surface area contributed by atoms with Crippen LogP contribution in [0.25, 0.3) is 27.8 Å². The van der Waals surface area contributed by atoms with E-state index < -0.39 is 0 Å². The number of rotatable bonds is 1. The number of amidine groups is 1. The van der Waals surface area contributed by atoms with E-state index in [0.717, 1.165) is 12.8 Å². The summed E-state index contributed by atoms with van der Waals surface area (Å²) in [7, 11) is 2.14. The summed E-state index contributed by atoms with van der Waals surface area (Å²) in [6.45, 7) is 4.49. The van der Waals surface area contributed by atoms with Crippen LogP contribution in [0.4, 0.5) is 5.69 Å². The van der Waals surface area contributed by atoms with E-state index in [1.807, 2.05) is 0 Å². The van der Waals surface area contributed by atoms with E-state index in [0.29, 0.717) is 0 Å². The van der Waals surface area contributed by atoms with E-state index in [4.69, 9.17) is 4.99 Å². The molecule has 0 saturated heterocycles. The molecule has 31 heavy (non-hydrogen) atoms. The fourth-order valence-corrected chi connectivity index (χ4v) is 5.30. The SMILES string of the molecule is Cn1cc(C2C=Cc3c(ccc4ccccc34)N2C2=NC(C)(C)CC2)c2ccccc21. The number of anilines is 1. The second-order valence-electron chi connectivity index (χ2n) is 9.45. The Bertz CT molecular complexity index is 1390. The normalized spacial score (nSPS) is 19.8. The van der Waals surface area contributed by atoms with Gasteiger partial charge in [0, 0.05) is 41.7 Å². The van der Waals surface area contributed by atoms with E-state index in [1.165, 1.54) is 44.3 Å². The van der Waals surface area contributed by atoms with Crippen molar-refractivity contribution in [3.05, 3.63) is 84.1 Å². The molecule has 1 aromatic heterocycles. The zero-order chi connectivity index (χ0) is 21.2. The van der Waals surface area contributed by atoms with Crippen LogP contribution in [0.5, 0.6) is 0 Å². The maximum atomic E-state index is 5.19. The zero-order valence-electron chi connectivity index (χ0n) is 18.3. The van der Waals surface area contributed by atoms with E-state index in [1.54, 1.807) is 0 Å². The van der Waals surface area contributed by atoms with Crippen molar-refractivity contribution in [2.45, 2.75) is 38.3 Å². The number of benzene rings is 3. The zero-order valence-corrected chi connectivity index (χ0v) is 18.3. The van der Waals surface area contributed by atoms with Crippen molar-refractivity contribution in [3.63, 3.8) is 0 Å². The fraction of sp³-hybridized carbons (Fsp3) is 0.250. The first-order valence-electron chi connectivity index (χ1n) is 11.1. The lowest BCUT2D eigenvalue weighted by molar-refractivity contribution is 0.522. The van der Waals surface area contributed by atoms with Crippen LogP contribution >= 0.6 is 0 Å². The number of para-hydroxylation sites is 1. The van der Waals surface area contributed by atoms with Gasteiger partial charge >= 0.3 is 0 Å². The molecule has 0 spiro atoms. The summed E-state index contributed by atoms with van der Waals surface area (Å²) >= 11 is 0. The van der Waals surface area contributed by atoms with Crippen LogP contribution in [-0.2, 0) is 7.05 Å². The molecule has 154 valence electrons. The lowest BCUT2D eigenvalue weighted by atomic mass is 9.93. The lowest BCUT2D eigenvalue weighted by Gasteiger charge is -2.36. The molecule has 2 aliphatic heterocycles. The largest absolute Gasteiger partial charge is 0.350 e. The maximum Gasteiger partial charge on any atom is 0.105 e. The van der Waals surface area contributed by atoms with Crippen LogP contribution < -0.4 is 4.90 Å².